The Bertz CT molecular complexity index is 339. The zero-order valence-electron chi connectivity index (χ0n) is 9.08. The Morgan fingerprint density at radius 3 is 2.33 bits per heavy atom. The summed E-state index contributed by atoms with van der Waals surface area (Å²) in [7, 11) is 3.18. The molecule has 1 N–H and O–H groups in total. The van der Waals surface area contributed by atoms with E-state index in [1.165, 1.54) is 0 Å². The summed E-state index contributed by atoms with van der Waals surface area (Å²) in [4.78, 5) is 0. The molecule has 0 aromatic heterocycles. The number of aliphatic hydroxyl groups excluding tert-OH is 1. The molecule has 0 spiro atoms. The molecule has 1 rings (SSSR count). The van der Waals surface area contributed by atoms with E-state index in [-0.39, 0.29) is 0 Å². The molecular formula is C11H15BrO3. The number of halogens is 1. The van der Waals surface area contributed by atoms with Gasteiger partial charge >= 0.3 is 0 Å². The summed E-state index contributed by atoms with van der Waals surface area (Å²) in [6.07, 6.45) is 0.114. The van der Waals surface area contributed by atoms with Crippen molar-refractivity contribution in [1.29, 1.82) is 0 Å². The quantitative estimate of drug-likeness (QED) is 0.918. The van der Waals surface area contributed by atoms with E-state index in [1.54, 1.807) is 26.4 Å². The first-order valence-electron chi connectivity index (χ1n) is 4.73. The smallest absolute Gasteiger partial charge is 0.133 e. The van der Waals surface area contributed by atoms with Gasteiger partial charge in [0.15, 0.2) is 0 Å². The molecule has 1 unspecified atom stereocenters. The maximum Gasteiger partial charge on any atom is 0.133 e. The standard InChI is InChI=1S/C11H15BrO3/c1-4-9(13)7-5-11(15-3)8(12)6-10(7)14-2/h5-6,9,13H,4H2,1-3H3. The Hall–Kier alpha value is -0.740. The highest BCUT2D eigenvalue weighted by molar-refractivity contribution is 9.10. The largest absolute Gasteiger partial charge is 0.496 e. The summed E-state index contributed by atoms with van der Waals surface area (Å²) < 4.78 is 11.2. The summed E-state index contributed by atoms with van der Waals surface area (Å²) in [5.74, 6) is 1.36. The van der Waals surface area contributed by atoms with Gasteiger partial charge in [0.05, 0.1) is 24.8 Å². The van der Waals surface area contributed by atoms with Gasteiger partial charge in [0.25, 0.3) is 0 Å². The first-order chi connectivity index (χ1) is 7.13. The van der Waals surface area contributed by atoms with E-state index >= 15 is 0 Å². The highest BCUT2D eigenvalue weighted by atomic mass is 79.9. The summed E-state index contributed by atoms with van der Waals surface area (Å²) >= 11 is 3.37. The van der Waals surface area contributed by atoms with Crippen LogP contribution >= 0.6 is 15.9 Å². The van der Waals surface area contributed by atoms with Crippen LogP contribution in [-0.2, 0) is 0 Å². The van der Waals surface area contributed by atoms with Crippen LogP contribution in [0.2, 0.25) is 0 Å². The fraction of sp³-hybridized carbons (Fsp3) is 0.455. The molecule has 0 fully saturated rings. The molecule has 0 aliphatic heterocycles. The summed E-state index contributed by atoms with van der Waals surface area (Å²) in [5.41, 5.74) is 0.750. The lowest BCUT2D eigenvalue weighted by molar-refractivity contribution is 0.169. The molecule has 1 aromatic rings. The average Bonchev–Trinajstić information content (AvgIpc) is 2.27. The SMILES string of the molecule is CCC(O)c1cc(OC)c(Br)cc1OC. The van der Waals surface area contributed by atoms with E-state index in [2.05, 4.69) is 15.9 Å². The topological polar surface area (TPSA) is 38.7 Å². The van der Waals surface area contributed by atoms with Crippen LogP contribution in [0.4, 0.5) is 0 Å². The van der Waals surface area contributed by atoms with Crippen LogP contribution in [0, 0.1) is 0 Å². The Morgan fingerprint density at radius 1 is 1.27 bits per heavy atom. The van der Waals surface area contributed by atoms with Crippen molar-refractivity contribution >= 4 is 15.9 Å². The summed E-state index contributed by atoms with van der Waals surface area (Å²) in [6.45, 7) is 1.92. The van der Waals surface area contributed by atoms with Gasteiger partial charge in [-0.3, -0.25) is 0 Å². The lowest BCUT2D eigenvalue weighted by Crippen LogP contribution is -2.00. The van der Waals surface area contributed by atoms with Gasteiger partial charge in [0.1, 0.15) is 11.5 Å². The van der Waals surface area contributed by atoms with Gasteiger partial charge in [0, 0.05) is 5.56 Å². The molecule has 0 saturated heterocycles. The van der Waals surface area contributed by atoms with Gasteiger partial charge in [-0.05, 0) is 34.5 Å². The van der Waals surface area contributed by atoms with Crippen LogP contribution in [0.1, 0.15) is 25.0 Å². The van der Waals surface area contributed by atoms with Crippen molar-refractivity contribution in [2.45, 2.75) is 19.4 Å². The van der Waals surface area contributed by atoms with E-state index in [0.29, 0.717) is 17.9 Å². The predicted octanol–water partition coefficient (Wildman–Crippen LogP) is 2.91. The third-order valence-corrected chi connectivity index (χ3v) is 2.87. The zero-order chi connectivity index (χ0) is 11.4. The zero-order valence-corrected chi connectivity index (χ0v) is 10.7. The van der Waals surface area contributed by atoms with Crippen LogP contribution in [0.3, 0.4) is 0 Å². The molecule has 15 heavy (non-hydrogen) atoms. The van der Waals surface area contributed by atoms with E-state index in [9.17, 15) is 5.11 Å². The van der Waals surface area contributed by atoms with E-state index < -0.39 is 6.10 Å². The minimum atomic E-state index is -0.526. The first-order valence-corrected chi connectivity index (χ1v) is 5.52. The van der Waals surface area contributed by atoms with Crippen molar-refractivity contribution < 1.29 is 14.6 Å². The summed E-state index contributed by atoms with van der Waals surface area (Å²) in [5, 5.41) is 9.80. The minimum Gasteiger partial charge on any atom is -0.496 e. The highest BCUT2D eigenvalue weighted by Crippen LogP contribution is 2.36. The number of hydrogen-bond acceptors (Lipinski definition) is 3. The van der Waals surface area contributed by atoms with Gasteiger partial charge in [-0.1, -0.05) is 6.92 Å². The fourth-order valence-corrected chi connectivity index (χ4v) is 1.85. The number of rotatable bonds is 4. The monoisotopic (exact) mass is 274 g/mol. The molecule has 3 nitrogen and oxygen atoms in total. The second-order valence-corrected chi connectivity index (χ2v) is 4.01. The third kappa shape index (κ3) is 2.63. The highest BCUT2D eigenvalue weighted by Gasteiger charge is 2.15. The van der Waals surface area contributed by atoms with Gasteiger partial charge in [0.2, 0.25) is 0 Å². The molecule has 0 aliphatic carbocycles. The second-order valence-electron chi connectivity index (χ2n) is 3.15. The molecule has 0 heterocycles. The lowest BCUT2D eigenvalue weighted by atomic mass is 10.1. The Morgan fingerprint density at radius 2 is 1.87 bits per heavy atom. The van der Waals surface area contributed by atoms with Crippen molar-refractivity contribution in [3.8, 4) is 11.5 Å². The third-order valence-electron chi connectivity index (χ3n) is 2.25. The molecule has 0 radical (unpaired) electrons. The molecule has 0 aliphatic rings. The van der Waals surface area contributed by atoms with Gasteiger partial charge < -0.3 is 14.6 Å². The van der Waals surface area contributed by atoms with Crippen LogP contribution in [0.15, 0.2) is 16.6 Å². The van der Waals surface area contributed by atoms with Crippen LogP contribution in [0.25, 0.3) is 0 Å². The van der Waals surface area contributed by atoms with Crippen molar-refractivity contribution in [3.63, 3.8) is 0 Å². The Labute approximate surface area is 98.1 Å². The van der Waals surface area contributed by atoms with Crippen LogP contribution in [0.5, 0.6) is 11.5 Å². The minimum absolute atomic E-state index is 0.526. The number of ether oxygens (including phenoxy) is 2. The maximum atomic E-state index is 9.80. The second kappa shape index (κ2) is 5.37. The normalized spacial score (nSPS) is 12.3. The molecule has 1 atom stereocenters. The van der Waals surface area contributed by atoms with Crippen molar-refractivity contribution in [2.24, 2.45) is 0 Å². The van der Waals surface area contributed by atoms with E-state index in [1.807, 2.05) is 6.92 Å². The van der Waals surface area contributed by atoms with E-state index in [4.69, 9.17) is 9.47 Å². The number of benzene rings is 1. The number of aliphatic hydroxyl groups is 1. The maximum absolute atomic E-state index is 9.80. The molecule has 4 heteroatoms. The van der Waals surface area contributed by atoms with Gasteiger partial charge in [-0.15, -0.1) is 0 Å². The van der Waals surface area contributed by atoms with Crippen molar-refractivity contribution in [2.75, 3.05) is 14.2 Å². The molecule has 0 saturated carbocycles. The van der Waals surface area contributed by atoms with Crippen molar-refractivity contribution in [1.82, 2.24) is 0 Å². The molecule has 1 aromatic carbocycles. The Kier molecular flexibility index (Phi) is 4.42. The summed E-state index contributed by atoms with van der Waals surface area (Å²) in [6, 6.07) is 3.59. The van der Waals surface area contributed by atoms with E-state index in [0.717, 1.165) is 10.0 Å². The first kappa shape index (κ1) is 12.3. The van der Waals surface area contributed by atoms with Crippen LogP contribution < -0.4 is 9.47 Å². The molecule has 0 bridgehead atoms. The fourth-order valence-electron chi connectivity index (χ4n) is 1.36. The number of hydrogen-bond donors (Lipinski definition) is 1. The van der Waals surface area contributed by atoms with Crippen LogP contribution in [-0.4, -0.2) is 19.3 Å². The molecule has 84 valence electrons. The van der Waals surface area contributed by atoms with Crippen molar-refractivity contribution in [3.05, 3.63) is 22.2 Å². The number of methoxy groups -OCH3 is 2. The molecule has 0 amide bonds. The Balaban J connectivity index is 3.22. The lowest BCUT2D eigenvalue weighted by Gasteiger charge is -2.15. The van der Waals surface area contributed by atoms with Gasteiger partial charge in [-0.25, -0.2) is 0 Å². The average molecular weight is 275 g/mol. The predicted molar refractivity (Wildman–Crippen MR) is 62.5 cm³/mol. The molecular weight excluding hydrogens is 260 g/mol. The van der Waals surface area contributed by atoms with Gasteiger partial charge in [-0.2, -0.15) is 0 Å².